The van der Waals surface area contributed by atoms with Gasteiger partial charge in [-0.3, -0.25) is 14.4 Å². The van der Waals surface area contributed by atoms with Crippen LogP contribution in [0.4, 0.5) is 0 Å². The van der Waals surface area contributed by atoms with Gasteiger partial charge in [0.15, 0.2) is 5.78 Å². The van der Waals surface area contributed by atoms with E-state index in [0.29, 0.717) is 31.0 Å². The van der Waals surface area contributed by atoms with Gasteiger partial charge in [0.1, 0.15) is 29.7 Å². The minimum atomic E-state index is -0.906. The molecule has 1 N–H and O–H groups in total. The number of benzene rings is 2. The largest absolute Gasteiger partial charge is 0.489 e. The molecule has 1 saturated heterocycles. The average Bonchev–Trinajstić information content (AvgIpc) is 3.67. The molecule has 2 unspecified atom stereocenters. The second-order valence-electron chi connectivity index (χ2n) is 11.7. The van der Waals surface area contributed by atoms with E-state index in [9.17, 15) is 14.4 Å². The van der Waals surface area contributed by atoms with Gasteiger partial charge in [-0.05, 0) is 67.7 Å². The lowest BCUT2D eigenvalue weighted by Crippen LogP contribution is -2.52. The van der Waals surface area contributed by atoms with Crippen LogP contribution < -0.4 is 10.3 Å². The highest BCUT2D eigenvalue weighted by Crippen LogP contribution is 2.45. The number of Topliss-reactive ketones (excluding diaryl/α,β-unsaturated/α-hetero) is 1. The van der Waals surface area contributed by atoms with E-state index in [-0.39, 0.29) is 36.0 Å². The lowest BCUT2D eigenvalue weighted by molar-refractivity contribution is -0.185. The van der Waals surface area contributed by atoms with Crippen LogP contribution in [0.2, 0.25) is 0 Å². The number of ketones is 1. The summed E-state index contributed by atoms with van der Waals surface area (Å²) < 4.78 is 12.2. The topological polar surface area (TPSA) is 98.4 Å². The Morgan fingerprint density at radius 3 is 2.38 bits per heavy atom. The van der Waals surface area contributed by atoms with E-state index >= 15 is 0 Å². The van der Waals surface area contributed by atoms with Crippen molar-refractivity contribution in [3.05, 3.63) is 93.7 Å². The van der Waals surface area contributed by atoms with Gasteiger partial charge in [0.25, 0.3) is 5.56 Å². The molecule has 2 heterocycles. The summed E-state index contributed by atoms with van der Waals surface area (Å²) >= 11 is 0. The number of aromatic nitrogens is 2. The summed E-state index contributed by atoms with van der Waals surface area (Å²) in [5.74, 6) is 0.465. The molecule has 208 valence electrons. The van der Waals surface area contributed by atoms with E-state index in [1.54, 1.807) is 0 Å². The van der Waals surface area contributed by atoms with Crippen LogP contribution in [0.1, 0.15) is 79.9 Å². The van der Waals surface area contributed by atoms with Crippen molar-refractivity contribution in [2.45, 2.75) is 82.3 Å². The molecule has 2 saturated carbocycles. The first-order valence-electron chi connectivity index (χ1n) is 14.6. The third-order valence-corrected chi connectivity index (χ3v) is 8.75. The lowest BCUT2D eigenvalue weighted by atomic mass is 9.73. The number of nitrogens with zero attached hydrogens (tertiary/aromatic N) is 1. The number of hydrogen-bond donors (Lipinski definition) is 1. The van der Waals surface area contributed by atoms with Crippen molar-refractivity contribution in [2.24, 2.45) is 11.8 Å². The number of hydrogen-bond acceptors (Lipinski definition) is 6. The van der Waals surface area contributed by atoms with Crippen molar-refractivity contribution in [3.8, 4) is 5.75 Å². The van der Waals surface area contributed by atoms with Gasteiger partial charge in [-0.1, -0.05) is 55.3 Å². The van der Waals surface area contributed by atoms with E-state index in [2.05, 4.69) is 9.97 Å². The summed E-state index contributed by atoms with van der Waals surface area (Å²) in [6.07, 6.45) is 7.80. The molecule has 0 radical (unpaired) electrons. The molecule has 3 fully saturated rings. The molecule has 3 aromatic rings. The number of ether oxygens (including phenoxy) is 2. The summed E-state index contributed by atoms with van der Waals surface area (Å²) in [6.45, 7) is 0.513. The van der Waals surface area contributed by atoms with Crippen LogP contribution in [0.5, 0.6) is 5.75 Å². The Morgan fingerprint density at radius 2 is 1.68 bits per heavy atom. The fraction of sp³-hybridized carbons (Fsp3) is 0.455. The first-order chi connectivity index (χ1) is 19.5. The van der Waals surface area contributed by atoms with Crippen LogP contribution in [0.3, 0.4) is 0 Å². The summed E-state index contributed by atoms with van der Waals surface area (Å²) in [5, 5.41) is 0. The zero-order valence-electron chi connectivity index (χ0n) is 22.8. The summed E-state index contributed by atoms with van der Waals surface area (Å²) in [6, 6.07) is 19.5. The third kappa shape index (κ3) is 6.03. The van der Waals surface area contributed by atoms with Gasteiger partial charge >= 0.3 is 5.97 Å². The SMILES string of the molecule is O=C1CC(CCc2ccc(OCc3ccccc3)cc2)(C2CCCC2)OC(=O)C1Cc1cc(=O)[nH]c(C2CC2)n1. The van der Waals surface area contributed by atoms with Gasteiger partial charge in [-0.25, -0.2) is 4.98 Å². The Labute approximate surface area is 234 Å². The molecule has 7 nitrogen and oxygen atoms in total. The van der Waals surface area contributed by atoms with Crippen molar-refractivity contribution >= 4 is 11.8 Å². The second kappa shape index (κ2) is 11.4. The molecule has 2 aliphatic carbocycles. The normalized spacial score (nSPS) is 23.2. The van der Waals surface area contributed by atoms with Crippen LogP contribution in [0, 0.1) is 11.8 Å². The molecule has 0 bridgehead atoms. The van der Waals surface area contributed by atoms with Crippen molar-refractivity contribution in [1.82, 2.24) is 9.97 Å². The van der Waals surface area contributed by atoms with Gasteiger partial charge in [-0.2, -0.15) is 0 Å². The number of nitrogens with one attached hydrogen (secondary N) is 1. The number of carbonyl (C=O) groups is 2. The highest BCUT2D eigenvalue weighted by atomic mass is 16.6. The maximum atomic E-state index is 13.5. The molecule has 1 aromatic heterocycles. The average molecular weight is 541 g/mol. The zero-order valence-corrected chi connectivity index (χ0v) is 22.8. The molecule has 0 spiro atoms. The van der Waals surface area contributed by atoms with Crippen molar-refractivity contribution in [3.63, 3.8) is 0 Å². The van der Waals surface area contributed by atoms with Crippen LogP contribution in [-0.4, -0.2) is 27.3 Å². The molecule has 2 atom stereocenters. The fourth-order valence-corrected chi connectivity index (χ4v) is 6.32. The molecule has 0 amide bonds. The Balaban J connectivity index is 1.12. The van der Waals surface area contributed by atoms with E-state index < -0.39 is 17.5 Å². The highest BCUT2D eigenvalue weighted by molar-refractivity contribution is 6.01. The Bertz CT molecular complexity index is 1390. The quantitative estimate of drug-likeness (QED) is 0.271. The maximum Gasteiger partial charge on any atom is 0.317 e. The summed E-state index contributed by atoms with van der Waals surface area (Å²) in [5.41, 5.74) is 1.72. The van der Waals surface area contributed by atoms with Crippen molar-refractivity contribution in [1.29, 1.82) is 0 Å². The minimum absolute atomic E-state index is 0.0946. The predicted molar refractivity (Wildman–Crippen MR) is 150 cm³/mol. The molecule has 2 aromatic carbocycles. The Hall–Kier alpha value is -3.74. The molecular formula is C33H36N2O5. The number of H-pyrrole nitrogens is 1. The Kier molecular flexibility index (Phi) is 7.55. The standard InChI is InChI=1S/C33H36N2O5/c36-29-20-33(25-8-4-5-9-25,17-16-22-10-14-27(15-11-22)39-21-23-6-2-1-3-7-23)40-32(38)28(29)18-26-19-30(37)35-31(34-26)24-12-13-24/h1-3,6-7,10-11,14-15,19,24-25,28H,4-5,8-9,12-13,16-18,20-21H2,(H,34,35,37). The van der Waals surface area contributed by atoms with Crippen LogP contribution in [0.15, 0.2) is 65.5 Å². The molecule has 3 aliphatic rings. The van der Waals surface area contributed by atoms with E-state index in [1.807, 2.05) is 54.6 Å². The fourth-order valence-electron chi connectivity index (χ4n) is 6.32. The van der Waals surface area contributed by atoms with Crippen molar-refractivity contribution in [2.75, 3.05) is 0 Å². The summed E-state index contributed by atoms with van der Waals surface area (Å²) in [7, 11) is 0. The monoisotopic (exact) mass is 540 g/mol. The number of esters is 1. The second-order valence-corrected chi connectivity index (χ2v) is 11.7. The number of aromatic amines is 1. The molecule has 7 heteroatoms. The van der Waals surface area contributed by atoms with E-state index in [0.717, 1.165) is 55.4 Å². The van der Waals surface area contributed by atoms with Gasteiger partial charge in [0.2, 0.25) is 0 Å². The van der Waals surface area contributed by atoms with Crippen LogP contribution in [0.25, 0.3) is 0 Å². The number of cyclic esters (lactones) is 1. The first-order valence-corrected chi connectivity index (χ1v) is 14.6. The predicted octanol–water partition coefficient (Wildman–Crippen LogP) is 5.46. The molecular weight excluding hydrogens is 504 g/mol. The van der Waals surface area contributed by atoms with Gasteiger partial charge in [0.05, 0.1) is 0 Å². The lowest BCUT2D eigenvalue weighted by Gasteiger charge is -2.43. The zero-order chi connectivity index (χ0) is 27.5. The van der Waals surface area contributed by atoms with E-state index in [1.165, 1.54) is 6.07 Å². The number of carbonyl (C=O) groups excluding carboxylic acids is 2. The maximum absolute atomic E-state index is 13.5. The molecule has 6 rings (SSSR count). The van der Waals surface area contributed by atoms with Gasteiger partial charge < -0.3 is 14.5 Å². The summed E-state index contributed by atoms with van der Waals surface area (Å²) in [4.78, 5) is 46.4. The number of aryl methyl sites for hydroxylation is 1. The van der Waals surface area contributed by atoms with Crippen molar-refractivity contribution < 1.29 is 19.1 Å². The number of rotatable bonds is 10. The first kappa shape index (κ1) is 26.5. The van der Waals surface area contributed by atoms with E-state index in [4.69, 9.17) is 9.47 Å². The molecule has 40 heavy (non-hydrogen) atoms. The van der Waals surface area contributed by atoms with Gasteiger partial charge in [-0.15, -0.1) is 0 Å². The molecule has 1 aliphatic heterocycles. The third-order valence-electron chi connectivity index (χ3n) is 8.75. The van der Waals surface area contributed by atoms with Crippen LogP contribution in [-0.2, 0) is 33.8 Å². The highest BCUT2D eigenvalue weighted by Gasteiger charge is 2.51. The smallest absolute Gasteiger partial charge is 0.317 e. The minimum Gasteiger partial charge on any atom is -0.489 e. The Morgan fingerprint density at radius 1 is 0.925 bits per heavy atom. The van der Waals surface area contributed by atoms with Gasteiger partial charge in [0, 0.05) is 30.5 Å². The van der Waals surface area contributed by atoms with Crippen LogP contribution >= 0.6 is 0 Å².